The normalized spacial score (nSPS) is 31.3. The number of hydrogen-bond donors (Lipinski definition) is 2. The van der Waals surface area contributed by atoms with Crippen LogP contribution in [0, 0.1) is 11.8 Å². The molecule has 0 aromatic heterocycles. The van der Waals surface area contributed by atoms with E-state index in [2.05, 4.69) is 12.2 Å². The quantitative estimate of drug-likeness (QED) is 0.779. The minimum atomic E-state index is -0.516. The Kier molecular flexibility index (Phi) is 6.11. The Morgan fingerprint density at radius 1 is 1.11 bits per heavy atom. The second kappa shape index (κ2) is 7.61. The van der Waals surface area contributed by atoms with Gasteiger partial charge in [0.25, 0.3) is 0 Å². The van der Waals surface area contributed by atoms with Gasteiger partial charge in [-0.05, 0) is 31.2 Å². The van der Waals surface area contributed by atoms with E-state index >= 15 is 0 Å². The summed E-state index contributed by atoms with van der Waals surface area (Å²) >= 11 is 0. The molecule has 0 atom stereocenters. The predicted octanol–water partition coefficient (Wildman–Crippen LogP) is 2.72. The predicted molar refractivity (Wildman–Crippen MR) is 78.2 cm³/mol. The molecule has 0 spiro atoms. The van der Waals surface area contributed by atoms with E-state index in [4.69, 9.17) is 4.74 Å². The van der Waals surface area contributed by atoms with E-state index in [0.29, 0.717) is 13.2 Å². The standard InChI is InChI=1S/C16H31NO2/c1-2-3-14-4-6-15(7-5-14)12-17-13-16(18)8-10-19-11-9-16/h14-15,17-18H,2-13H2,1H3. The Morgan fingerprint density at radius 3 is 2.37 bits per heavy atom. The molecule has 2 fully saturated rings. The van der Waals surface area contributed by atoms with Crippen molar-refractivity contribution in [1.82, 2.24) is 5.32 Å². The van der Waals surface area contributed by atoms with Gasteiger partial charge in [-0.2, -0.15) is 0 Å². The molecule has 2 aliphatic rings. The van der Waals surface area contributed by atoms with Gasteiger partial charge in [-0.15, -0.1) is 0 Å². The van der Waals surface area contributed by atoms with Crippen LogP contribution < -0.4 is 5.32 Å². The van der Waals surface area contributed by atoms with E-state index < -0.39 is 5.60 Å². The SMILES string of the molecule is CCCC1CCC(CNCC2(O)CCOCC2)CC1. The van der Waals surface area contributed by atoms with Crippen molar-refractivity contribution in [3.8, 4) is 0 Å². The van der Waals surface area contributed by atoms with E-state index in [0.717, 1.165) is 37.8 Å². The molecule has 0 aromatic rings. The Balaban J connectivity index is 1.59. The molecule has 1 heterocycles. The molecule has 19 heavy (non-hydrogen) atoms. The molecule has 0 unspecified atom stereocenters. The van der Waals surface area contributed by atoms with Gasteiger partial charge in [0.15, 0.2) is 0 Å². The average molecular weight is 269 g/mol. The van der Waals surface area contributed by atoms with Gasteiger partial charge >= 0.3 is 0 Å². The molecule has 112 valence electrons. The fourth-order valence-corrected chi connectivity index (χ4v) is 3.57. The average Bonchev–Trinajstić information content (AvgIpc) is 2.42. The van der Waals surface area contributed by atoms with Crippen LogP contribution in [0.3, 0.4) is 0 Å². The molecule has 0 amide bonds. The number of aliphatic hydroxyl groups is 1. The van der Waals surface area contributed by atoms with Gasteiger partial charge in [-0.1, -0.05) is 32.6 Å². The summed E-state index contributed by atoms with van der Waals surface area (Å²) in [5, 5.41) is 13.9. The van der Waals surface area contributed by atoms with Crippen LogP contribution in [0.25, 0.3) is 0 Å². The van der Waals surface area contributed by atoms with Gasteiger partial charge in [0.05, 0.1) is 5.60 Å². The lowest BCUT2D eigenvalue weighted by Gasteiger charge is -2.34. The highest BCUT2D eigenvalue weighted by Crippen LogP contribution is 2.31. The summed E-state index contributed by atoms with van der Waals surface area (Å²) in [4.78, 5) is 0. The van der Waals surface area contributed by atoms with E-state index in [9.17, 15) is 5.11 Å². The summed E-state index contributed by atoms with van der Waals surface area (Å²) in [6, 6.07) is 0. The number of hydrogen-bond acceptors (Lipinski definition) is 3. The smallest absolute Gasteiger partial charge is 0.0815 e. The molecular weight excluding hydrogens is 238 g/mol. The van der Waals surface area contributed by atoms with Gasteiger partial charge in [-0.3, -0.25) is 0 Å². The summed E-state index contributed by atoms with van der Waals surface area (Å²) in [7, 11) is 0. The lowest BCUT2D eigenvalue weighted by Crippen LogP contribution is -2.46. The monoisotopic (exact) mass is 269 g/mol. The van der Waals surface area contributed by atoms with Crippen LogP contribution in [0.1, 0.15) is 58.3 Å². The summed E-state index contributed by atoms with van der Waals surface area (Å²) < 4.78 is 5.31. The highest BCUT2D eigenvalue weighted by molar-refractivity contribution is 4.84. The topological polar surface area (TPSA) is 41.5 Å². The Labute approximate surface area is 118 Å². The highest BCUT2D eigenvalue weighted by Gasteiger charge is 2.29. The van der Waals surface area contributed by atoms with Crippen LogP contribution in [0.5, 0.6) is 0 Å². The zero-order valence-corrected chi connectivity index (χ0v) is 12.5. The third-order valence-corrected chi connectivity index (χ3v) is 4.97. The van der Waals surface area contributed by atoms with E-state index in [-0.39, 0.29) is 0 Å². The van der Waals surface area contributed by atoms with Crippen LogP contribution in [-0.4, -0.2) is 37.0 Å². The zero-order chi connectivity index (χ0) is 13.6. The molecule has 2 N–H and O–H groups in total. The van der Waals surface area contributed by atoms with Crippen molar-refractivity contribution in [2.24, 2.45) is 11.8 Å². The van der Waals surface area contributed by atoms with Crippen molar-refractivity contribution >= 4 is 0 Å². The van der Waals surface area contributed by atoms with Gasteiger partial charge < -0.3 is 15.2 Å². The van der Waals surface area contributed by atoms with E-state index in [1.54, 1.807) is 0 Å². The van der Waals surface area contributed by atoms with Crippen LogP contribution in [-0.2, 0) is 4.74 Å². The lowest BCUT2D eigenvalue weighted by molar-refractivity contribution is -0.0619. The van der Waals surface area contributed by atoms with Crippen molar-refractivity contribution < 1.29 is 9.84 Å². The summed E-state index contributed by atoms with van der Waals surface area (Å²) in [5.74, 6) is 1.82. The third-order valence-electron chi connectivity index (χ3n) is 4.97. The fourth-order valence-electron chi connectivity index (χ4n) is 3.57. The molecule has 3 nitrogen and oxygen atoms in total. The first-order valence-electron chi connectivity index (χ1n) is 8.23. The van der Waals surface area contributed by atoms with Gasteiger partial charge in [-0.25, -0.2) is 0 Å². The fraction of sp³-hybridized carbons (Fsp3) is 1.00. The Morgan fingerprint density at radius 2 is 1.74 bits per heavy atom. The molecule has 3 heteroatoms. The molecule has 0 aromatic carbocycles. The van der Waals surface area contributed by atoms with Crippen LogP contribution in [0.15, 0.2) is 0 Å². The van der Waals surface area contributed by atoms with Crippen LogP contribution in [0.2, 0.25) is 0 Å². The largest absolute Gasteiger partial charge is 0.388 e. The van der Waals surface area contributed by atoms with Crippen LogP contribution in [0.4, 0.5) is 0 Å². The Hall–Kier alpha value is -0.120. The maximum absolute atomic E-state index is 10.4. The first-order chi connectivity index (χ1) is 9.22. The minimum Gasteiger partial charge on any atom is -0.388 e. The molecule has 1 aliphatic carbocycles. The minimum absolute atomic E-state index is 0.516. The maximum atomic E-state index is 10.4. The molecular formula is C16H31NO2. The lowest BCUT2D eigenvalue weighted by atomic mass is 9.80. The van der Waals surface area contributed by atoms with Crippen LogP contribution >= 0.6 is 0 Å². The third kappa shape index (κ3) is 5.05. The van der Waals surface area contributed by atoms with Crippen molar-refractivity contribution in [1.29, 1.82) is 0 Å². The van der Waals surface area contributed by atoms with Crippen molar-refractivity contribution in [3.05, 3.63) is 0 Å². The summed E-state index contributed by atoms with van der Waals surface area (Å²) in [6.45, 7) is 5.54. The summed E-state index contributed by atoms with van der Waals surface area (Å²) in [5.41, 5.74) is -0.516. The number of ether oxygens (including phenoxy) is 1. The molecule has 1 aliphatic heterocycles. The van der Waals surface area contributed by atoms with Crippen molar-refractivity contribution in [3.63, 3.8) is 0 Å². The molecule has 2 rings (SSSR count). The van der Waals surface area contributed by atoms with Crippen molar-refractivity contribution in [2.75, 3.05) is 26.3 Å². The Bertz CT molecular complexity index is 243. The molecule has 1 saturated carbocycles. The van der Waals surface area contributed by atoms with E-state index in [1.165, 1.54) is 38.5 Å². The number of rotatable bonds is 6. The highest BCUT2D eigenvalue weighted by atomic mass is 16.5. The molecule has 0 radical (unpaired) electrons. The second-order valence-corrected chi connectivity index (χ2v) is 6.64. The van der Waals surface area contributed by atoms with Gasteiger partial charge in [0.2, 0.25) is 0 Å². The van der Waals surface area contributed by atoms with Gasteiger partial charge in [0, 0.05) is 32.6 Å². The van der Waals surface area contributed by atoms with Crippen molar-refractivity contribution in [2.45, 2.75) is 63.9 Å². The van der Waals surface area contributed by atoms with Gasteiger partial charge in [0.1, 0.15) is 0 Å². The maximum Gasteiger partial charge on any atom is 0.0815 e. The summed E-state index contributed by atoms with van der Waals surface area (Å²) in [6.07, 6.45) is 9.89. The first-order valence-corrected chi connectivity index (χ1v) is 8.23. The molecule has 1 saturated heterocycles. The zero-order valence-electron chi connectivity index (χ0n) is 12.5. The van der Waals surface area contributed by atoms with E-state index in [1.807, 2.05) is 0 Å². The first kappa shape index (κ1) is 15.3. The molecule has 0 bridgehead atoms. The number of nitrogens with one attached hydrogen (secondary N) is 1. The second-order valence-electron chi connectivity index (χ2n) is 6.64.